The monoisotopic (exact) mass is 260 g/mol. The SMILES string of the molecule is C=CCC(N)C(=O)N1CCN(c2ccccn2)CC1. The van der Waals surface area contributed by atoms with Gasteiger partial charge in [0.2, 0.25) is 5.91 Å². The summed E-state index contributed by atoms with van der Waals surface area (Å²) in [6.45, 7) is 6.59. The zero-order valence-corrected chi connectivity index (χ0v) is 11.0. The second-order valence-electron chi connectivity index (χ2n) is 4.63. The fourth-order valence-electron chi connectivity index (χ4n) is 2.21. The summed E-state index contributed by atoms with van der Waals surface area (Å²) in [6.07, 6.45) is 4.00. The highest BCUT2D eigenvalue weighted by molar-refractivity contribution is 5.82. The van der Waals surface area contributed by atoms with Gasteiger partial charge in [-0.2, -0.15) is 0 Å². The number of pyridine rings is 1. The molecule has 1 amide bonds. The van der Waals surface area contributed by atoms with E-state index in [0.717, 1.165) is 18.9 Å². The summed E-state index contributed by atoms with van der Waals surface area (Å²) in [6, 6.07) is 5.40. The Morgan fingerprint density at radius 1 is 1.42 bits per heavy atom. The van der Waals surface area contributed by atoms with E-state index in [2.05, 4.69) is 16.5 Å². The van der Waals surface area contributed by atoms with Crippen molar-refractivity contribution in [2.24, 2.45) is 5.73 Å². The highest BCUT2D eigenvalue weighted by Gasteiger charge is 2.24. The van der Waals surface area contributed by atoms with Crippen molar-refractivity contribution in [3.05, 3.63) is 37.1 Å². The summed E-state index contributed by atoms with van der Waals surface area (Å²) in [4.78, 5) is 20.4. The molecule has 2 heterocycles. The van der Waals surface area contributed by atoms with Gasteiger partial charge >= 0.3 is 0 Å². The third-order valence-electron chi connectivity index (χ3n) is 3.30. The Morgan fingerprint density at radius 3 is 2.74 bits per heavy atom. The van der Waals surface area contributed by atoms with Crippen LogP contribution < -0.4 is 10.6 Å². The van der Waals surface area contributed by atoms with Gasteiger partial charge < -0.3 is 15.5 Å². The van der Waals surface area contributed by atoms with E-state index in [1.165, 1.54) is 0 Å². The number of hydrogen-bond donors (Lipinski definition) is 1. The van der Waals surface area contributed by atoms with Crippen molar-refractivity contribution in [2.75, 3.05) is 31.1 Å². The van der Waals surface area contributed by atoms with Crippen molar-refractivity contribution in [3.63, 3.8) is 0 Å². The van der Waals surface area contributed by atoms with Crippen LogP contribution in [0.1, 0.15) is 6.42 Å². The molecule has 0 aromatic carbocycles. The Labute approximate surface area is 113 Å². The maximum atomic E-state index is 12.1. The molecule has 0 saturated carbocycles. The van der Waals surface area contributed by atoms with Crippen molar-refractivity contribution in [2.45, 2.75) is 12.5 Å². The average molecular weight is 260 g/mol. The van der Waals surface area contributed by atoms with E-state index in [1.807, 2.05) is 23.1 Å². The van der Waals surface area contributed by atoms with Gasteiger partial charge in [0.15, 0.2) is 0 Å². The molecule has 1 aliphatic rings. The molecule has 1 atom stereocenters. The van der Waals surface area contributed by atoms with Crippen molar-refractivity contribution < 1.29 is 4.79 Å². The van der Waals surface area contributed by atoms with Gasteiger partial charge in [-0.3, -0.25) is 4.79 Å². The Morgan fingerprint density at radius 2 is 2.16 bits per heavy atom. The van der Waals surface area contributed by atoms with Gasteiger partial charge in [0.25, 0.3) is 0 Å². The average Bonchev–Trinajstić information content (AvgIpc) is 2.48. The summed E-state index contributed by atoms with van der Waals surface area (Å²) in [5, 5.41) is 0. The Kier molecular flexibility index (Phi) is 4.52. The van der Waals surface area contributed by atoms with Crippen LogP contribution in [0.3, 0.4) is 0 Å². The molecule has 5 heteroatoms. The molecule has 1 unspecified atom stereocenters. The molecule has 0 radical (unpaired) electrons. The van der Waals surface area contributed by atoms with Crippen molar-refractivity contribution in [1.82, 2.24) is 9.88 Å². The lowest BCUT2D eigenvalue weighted by molar-refractivity contribution is -0.132. The topological polar surface area (TPSA) is 62.5 Å². The second-order valence-corrected chi connectivity index (χ2v) is 4.63. The molecule has 19 heavy (non-hydrogen) atoms. The minimum absolute atomic E-state index is 0.0144. The molecular formula is C14H20N4O. The van der Waals surface area contributed by atoms with E-state index < -0.39 is 6.04 Å². The maximum absolute atomic E-state index is 12.1. The van der Waals surface area contributed by atoms with E-state index in [1.54, 1.807) is 12.3 Å². The van der Waals surface area contributed by atoms with Crippen LogP contribution in [0.15, 0.2) is 37.1 Å². The number of amides is 1. The number of hydrogen-bond acceptors (Lipinski definition) is 4. The zero-order chi connectivity index (χ0) is 13.7. The number of nitrogens with zero attached hydrogens (tertiary/aromatic N) is 3. The van der Waals surface area contributed by atoms with Crippen molar-refractivity contribution in [1.29, 1.82) is 0 Å². The number of anilines is 1. The third-order valence-corrected chi connectivity index (χ3v) is 3.30. The van der Waals surface area contributed by atoms with Crippen LogP contribution in [-0.2, 0) is 4.79 Å². The number of piperazine rings is 1. The molecular weight excluding hydrogens is 240 g/mol. The van der Waals surface area contributed by atoms with Crippen LogP contribution in [0.2, 0.25) is 0 Å². The van der Waals surface area contributed by atoms with Gasteiger partial charge in [-0.05, 0) is 18.6 Å². The van der Waals surface area contributed by atoms with Crippen molar-refractivity contribution in [3.8, 4) is 0 Å². The van der Waals surface area contributed by atoms with E-state index >= 15 is 0 Å². The molecule has 0 aliphatic carbocycles. The number of carbonyl (C=O) groups is 1. The molecule has 1 saturated heterocycles. The van der Waals surface area contributed by atoms with Crippen LogP contribution in [0.25, 0.3) is 0 Å². The lowest BCUT2D eigenvalue weighted by atomic mass is 10.1. The second kappa shape index (κ2) is 6.33. The molecule has 2 rings (SSSR count). The summed E-state index contributed by atoms with van der Waals surface area (Å²) in [5.41, 5.74) is 5.82. The van der Waals surface area contributed by atoms with E-state index in [-0.39, 0.29) is 5.91 Å². The molecule has 5 nitrogen and oxygen atoms in total. The lowest BCUT2D eigenvalue weighted by Gasteiger charge is -2.36. The Balaban J connectivity index is 1.89. The molecule has 1 aromatic rings. The highest BCUT2D eigenvalue weighted by Crippen LogP contribution is 2.13. The van der Waals surface area contributed by atoms with E-state index in [0.29, 0.717) is 19.5 Å². The first-order valence-corrected chi connectivity index (χ1v) is 6.53. The molecule has 102 valence electrons. The summed E-state index contributed by atoms with van der Waals surface area (Å²) in [7, 11) is 0. The zero-order valence-electron chi connectivity index (χ0n) is 11.0. The first-order chi connectivity index (χ1) is 9.22. The molecule has 1 fully saturated rings. The fraction of sp³-hybridized carbons (Fsp3) is 0.429. The maximum Gasteiger partial charge on any atom is 0.239 e. The summed E-state index contributed by atoms with van der Waals surface area (Å²) >= 11 is 0. The van der Waals surface area contributed by atoms with Crippen molar-refractivity contribution >= 4 is 11.7 Å². The molecule has 1 aromatic heterocycles. The van der Waals surface area contributed by atoms with E-state index in [9.17, 15) is 4.79 Å². The number of aromatic nitrogens is 1. The fourth-order valence-corrected chi connectivity index (χ4v) is 2.21. The Bertz CT molecular complexity index is 426. The van der Waals surface area contributed by atoms with Gasteiger partial charge in [0, 0.05) is 32.4 Å². The minimum Gasteiger partial charge on any atom is -0.353 e. The van der Waals surface area contributed by atoms with Crippen LogP contribution in [-0.4, -0.2) is 48.0 Å². The largest absolute Gasteiger partial charge is 0.353 e. The lowest BCUT2D eigenvalue weighted by Crippen LogP contribution is -2.53. The minimum atomic E-state index is -0.459. The van der Waals surface area contributed by atoms with E-state index in [4.69, 9.17) is 5.73 Å². The molecule has 2 N–H and O–H groups in total. The predicted molar refractivity (Wildman–Crippen MR) is 75.8 cm³/mol. The van der Waals surface area contributed by atoms with Gasteiger partial charge in [0.1, 0.15) is 5.82 Å². The smallest absolute Gasteiger partial charge is 0.239 e. The molecule has 0 bridgehead atoms. The Hall–Kier alpha value is -1.88. The first kappa shape index (κ1) is 13.5. The standard InChI is InChI=1S/C14H20N4O/c1-2-5-12(15)14(19)18-10-8-17(9-11-18)13-6-3-4-7-16-13/h2-4,6-7,12H,1,5,8-11,15H2. The van der Waals surface area contributed by atoms with Gasteiger partial charge in [-0.1, -0.05) is 12.1 Å². The number of rotatable bonds is 4. The molecule has 0 spiro atoms. The number of nitrogens with two attached hydrogens (primary N) is 1. The van der Waals surface area contributed by atoms with Gasteiger partial charge in [-0.15, -0.1) is 6.58 Å². The predicted octanol–water partition coefficient (Wildman–Crippen LogP) is 0.634. The normalized spacial score (nSPS) is 17.1. The molecule has 1 aliphatic heterocycles. The van der Waals surface area contributed by atoms with Gasteiger partial charge in [-0.25, -0.2) is 4.98 Å². The van der Waals surface area contributed by atoms with Gasteiger partial charge in [0.05, 0.1) is 6.04 Å². The van der Waals surface area contributed by atoms with Crippen LogP contribution in [0, 0.1) is 0 Å². The first-order valence-electron chi connectivity index (χ1n) is 6.53. The summed E-state index contributed by atoms with van der Waals surface area (Å²) < 4.78 is 0. The van der Waals surface area contributed by atoms with Crippen LogP contribution >= 0.6 is 0 Å². The van der Waals surface area contributed by atoms with Crippen LogP contribution in [0.4, 0.5) is 5.82 Å². The number of carbonyl (C=O) groups excluding carboxylic acids is 1. The highest BCUT2D eigenvalue weighted by atomic mass is 16.2. The summed E-state index contributed by atoms with van der Waals surface area (Å²) in [5.74, 6) is 0.977. The van der Waals surface area contributed by atoms with Crippen LogP contribution in [0.5, 0.6) is 0 Å². The third kappa shape index (κ3) is 3.32. The quantitative estimate of drug-likeness (QED) is 0.807.